The summed E-state index contributed by atoms with van der Waals surface area (Å²) in [6.45, 7) is 8.47. The standard InChI is InChI=1S/C13H19ClN2OSi/c1-18(2,3)9-8-17-10-16-7-6-11-12(16)4-5-13(14)15-11/h4-7H,8-10H2,1-3H3. The minimum absolute atomic E-state index is 0.528. The van der Waals surface area contributed by atoms with Gasteiger partial charge in [-0.1, -0.05) is 31.2 Å². The lowest BCUT2D eigenvalue weighted by molar-refractivity contribution is 0.0902. The molecule has 2 heterocycles. The molecule has 0 spiro atoms. The average molecular weight is 283 g/mol. The third-order valence-electron chi connectivity index (χ3n) is 2.82. The second-order valence-electron chi connectivity index (χ2n) is 5.67. The Morgan fingerprint density at radius 2 is 2.06 bits per heavy atom. The van der Waals surface area contributed by atoms with Gasteiger partial charge in [-0.15, -0.1) is 0 Å². The molecular formula is C13H19ClN2OSi. The quantitative estimate of drug-likeness (QED) is 0.471. The van der Waals surface area contributed by atoms with Gasteiger partial charge < -0.3 is 9.30 Å². The van der Waals surface area contributed by atoms with Gasteiger partial charge in [-0.25, -0.2) is 4.98 Å². The number of hydrogen-bond donors (Lipinski definition) is 0. The number of pyridine rings is 1. The summed E-state index contributed by atoms with van der Waals surface area (Å²) in [6.07, 6.45) is 1.99. The van der Waals surface area contributed by atoms with Crippen LogP contribution in [0.5, 0.6) is 0 Å². The van der Waals surface area contributed by atoms with Crippen molar-refractivity contribution in [3.8, 4) is 0 Å². The summed E-state index contributed by atoms with van der Waals surface area (Å²) in [5.41, 5.74) is 1.98. The van der Waals surface area contributed by atoms with E-state index in [9.17, 15) is 0 Å². The topological polar surface area (TPSA) is 27.1 Å². The van der Waals surface area contributed by atoms with Crippen LogP contribution < -0.4 is 0 Å². The van der Waals surface area contributed by atoms with Gasteiger partial charge in [-0.3, -0.25) is 0 Å². The van der Waals surface area contributed by atoms with Crippen molar-refractivity contribution < 1.29 is 4.74 Å². The first kappa shape index (κ1) is 13.6. The fourth-order valence-corrected chi connectivity index (χ4v) is 2.61. The lowest BCUT2D eigenvalue weighted by Gasteiger charge is -2.15. The highest BCUT2D eigenvalue weighted by Gasteiger charge is 2.12. The Bertz CT molecular complexity index is 533. The molecule has 98 valence electrons. The van der Waals surface area contributed by atoms with E-state index in [1.54, 1.807) is 0 Å². The molecule has 0 aliphatic carbocycles. The number of rotatable bonds is 5. The first-order valence-corrected chi connectivity index (χ1v) is 10.2. The molecule has 18 heavy (non-hydrogen) atoms. The van der Waals surface area contributed by atoms with Crippen molar-refractivity contribution in [3.05, 3.63) is 29.5 Å². The molecule has 0 aromatic carbocycles. The average Bonchev–Trinajstić information content (AvgIpc) is 2.65. The molecule has 0 bridgehead atoms. The van der Waals surface area contributed by atoms with Gasteiger partial charge in [0, 0.05) is 20.9 Å². The summed E-state index contributed by atoms with van der Waals surface area (Å²) in [6, 6.07) is 6.94. The summed E-state index contributed by atoms with van der Waals surface area (Å²) in [5.74, 6) is 0. The molecule has 2 aromatic heterocycles. The monoisotopic (exact) mass is 282 g/mol. The first-order chi connectivity index (χ1) is 8.46. The summed E-state index contributed by atoms with van der Waals surface area (Å²) < 4.78 is 7.79. The molecule has 5 heteroatoms. The molecule has 0 saturated heterocycles. The zero-order valence-corrected chi connectivity index (χ0v) is 12.9. The molecule has 0 aliphatic rings. The van der Waals surface area contributed by atoms with Gasteiger partial charge in [0.15, 0.2) is 0 Å². The van der Waals surface area contributed by atoms with Crippen LogP contribution in [-0.4, -0.2) is 24.2 Å². The number of halogens is 1. The van der Waals surface area contributed by atoms with Gasteiger partial charge in [-0.05, 0) is 24.2 Å². The van der Waals surface area contributed by atoms with Gasteiger partial charge in [0.1, 0.15) is 11.9 Å². The Balaban J connectivity index is 1.96. The van der Waals surface area contributed by atoms with Gasteiger partial charge in [0.05, 0.1) is 11.0 Å². The summed E-state index contributed by atoms with van der Waals surface area (Å²) in [5, 5.41) is 0.528. The number of hydrogen-bond acceptors (Lipinski definition) is 2. The Labute approximate surface area is 114 Å². The SMILES string of the molecule is C[Si](C)(C)CCOCn1ccc2nc(Cl)ccc21. The van der Waals surface area contributed by atoms with Crippen molar-refractivity contribution in [1.29, 1.82) is 0 Å². The molecule has 2 aromatic rings. The summed E-state index contributed by atoms with van der Waals surface area (Å²) in [7, 11) is -1.00. The molecule has 0 radical (unpaired) electrons. The number of nitrogens with zero attached hydrogens (tertiary/aromatic N) is 2. The molecule has 0 atom stereocenters. The van der Waals surface area contributed by atoms with Gasteiger partial charge in [0.2, 0.25) is 0 Å². The minimum Gasteiger partial charge on any atom is -0.361 e. The lowest BCUT2D eigenvalue weighted by atomic mass is 10.4. The van der Waals surface area contributed by atoms with Crippen molar-refractivity contribution in [2.24, 2.45) is 0 Å². The van der Waals surface area contributed by atoms with E-state index in [0.717, 1.165) is 17.6 Å². The third kappa shape index (κ3) is 3.57. The molecule has 3 nitrogen and oxygen atoms in total. The van der Waals surface area contributed by atoms with E-state index < -0.39 is 8.07 Å². The van der Waals surface area contributed by atoms with E-state index in [1.807, 2.05) is 24.4 Å². The summed E-state index contributed by atoms with van der Waals surface area (Å²) in [4.78, 5) is 4.26. The normalized spacial score (nSPS) is 12.2. The lowest BCUT2D eigenvalue weighted by Crippen LogP contribution is -2.21. The van der Waals surface area contributed by atoms with Crippen molar-refractivity contribution in [3.63, 3.8) is 0 Å². The van der Waals surface area contributed by atoms with E-state index in [2.05, 4.69) is 29.2 Å². The van der Waals surface area contributed by atoms with E-state index >= 15 is 0 Å². The van der Waals surface area contributed by atoms with Gasteiger partial charge in [0.25, 0.3) is 0 Å². The van der Waals surface area contributed by atoms with Gasteiger partial charge in [-0.2, -0.15) is 0 Å². The largest absolute Gasteiger partial charge is 0.361 e. The minimum atomic E-state index is -1.00. The van der Waals surface area contributed by atoms with E-state index in [4.69, 9.17) is 16.3 Å². The Morgan fingerprint density at radius 3 is 2.78 bits per heavy atom. The van der Waals surface area contributed by atoms with Crippen LogP contribution in [0, 0.1) is 0 Å². The second kappa shape index (κ2) is 5.43. The van der Waals surface area contributed by atoms with Crippen LogP contribution in [0.1, 0.15) is 0 Å². The van der Waals surface area contributed by atoms with Crippen LogP contribution in [0.15, 0.2) is 24.4 Å². The highest BCUT2D eigenvalue weighted by Crippen LogP contribution is 2.17. The number of fused-ring (bicyclic) bond motifs is 1. The fourth-order valence-electron chi connectivity index (χ4n) is 1.70. The van der Waals surface area contributed by atoms with Crippen molar-refractivity contribution >= 4 is 30.7 Å². The number of ether oxygens (including phenoxy) is 1. The van der Waals surface area contributed by atoms with Crippen molar-refractivity contribution in [2.75, 3.05) is 6.61 Å². The van der Waals surface area contributed by atoms with E-state index in [-0.39, 0.29) is 0 Å². The smallest absolute Gasteiger partial charge is 0.129 e. The molecule has 0 aliphatic heterocycles. The van der Waals surface area contributed by atoms with Crippen LogP contribution >= 0.6 is 11.6 Å². The molecule has 0 fully saturated rings. The van der Waals surface area contributed by atoms with Crippen LogP contribution in [0.3, 0.4) is 0 Å². The van der Waals surface area contributed by atoms with E-state index in [0.29, 0.717) is 11.9 Å². The first-order valence-electron chi connectivity index (χ1n) is 6.15. The molecule has 0 saturated carbocycles. The molecule has 0 amide bonds. The highest BCUT2D eigenvalue weighted by atomic mass is 35.5. The van der Waals surface area contributed by atoms with Crippen LogP contribution in [0.25, 0.3) is 11.0 Å². The maximum absolute atomic E-state index is 5.86. The molecule has 2 rings (SSSR count). The third-order valence-corrected chi connectivity index (χ3v) is 4.73. The van der Waals surface area contributed by atoms with Crippen LogP contribution in [-0.2, 0) is 11.5 Å². The van der Waals surface area contributed by atoms with Crippen molar-refractivity contribution in [2.45, 2.75) is 32.4 Å². The number of aromatic nitrogens is 2. The predicted octanol–water partition coefficient (Wildman–Crippen LogP) is 4.00. The highest BCUT2D eigenvalue weighted by molar-refractivity contribution is 6.76. The molecule has 0 unspecified atom stereocenters. The van der Waals surface area contributed by atoms with Crippen LogP contribution in [0.2, 0.25) is 30.8 Å². The zero-order chi connectivity index (χ0) is 13.2. The van der Waals surface area contributed by atoms with E-state index in [1.165, 1.54) is 6.04 Å². The Hall–Kier alpha value is -0.843. The maximum Gasteiger partial charge on any atom is 0.129 e. The summed E-state index contributed by atoms with van der Waals surface area (Å²) >= 11 is 5.86. The fraction of sp³-hybridized carbons (Fsp3) is 0.462. The second-order valence-corrected chi connectivity index (χ2v) is 11.7. The molecule has 0 N–H and O–H groups in total. The Kier molecular flexibility index (Phi) is 4.09. The Morgan fingerprint density at radius 1 is 1.28 bits per heavy atom. The van der Waals surface area contributed by atoms with Crippen molar-refractivity contribution in [1.82, 2.24) is 9.55 Å². The predicted molar refractivity (Wildman–Crippen MR) is 78.8 cm³/mol. The zero-order valence-electron chi connectivity index (χ0n) is 11.1. The van der Waals surface area contributed by atoms with Crippen LogP contribution in [0.4, 0.5) is 0 Å². The van der Waals surface area contributed by atoms with Gasteiger partial charge >= 0.3 is 0 Å². The maximum atomic E-state index is 5.86. The molecular weight excluding hydrogens is 264 g/mol.